The van der Waals surface area contributed by atoms with Gasteiger partial charge in [-0.25, -0.2) is 9.18 Å². The standard InChI is InChI=1S/C24H29FN6O2/c1-16(12-23(27)32)30-10-8-21(9-11-30)31(15-18-13-17(14-26)2-7-22(18)25)20-5-3-19(4-6-20)29-24(28)33/h2-7,13,16,21H,8-12,15H2,1H3,(H2,27,32)(H3,28,29,33). The number of hydrogen-bond donors (Lipinski definition) is 3. The highest BCUT2D eigenvalue weighted by atomic mass is 19.1. The highest BCUT2D eigenvalue weighted by Gasteiger charge is 2.28. The third-order valence-electron chi connectivity index (χ3n) is 6.04. The van der Waals surface area contributed by atoms with Gasteiger partial charge in [-0.05, 0) is 62.2 Å². The molecular weight excluding hydrogens is 423 g/mol. The number of anilines is 2. The number of piperidine rings is 1. The second-order valence-corrected chi connectivity index (χ2v) is 8.37. The summed E-state index contributed by atoms with van der Waals surface area (Å²) in [5.41, 5.74) is 12.8. The van der Waals surface area contributed by atoms with Gasteiger partial charge < -0.3 is 21.7 Å². The molecule has 0 radical (unpaired) electrons. The van der Waals surface area contributed by atoms with Gasteiger partial charge in [0.05, 0.1) is 11.6 Å². The molecule has 2 aromatic carbocycles. The van der Waals surface area contributed by atoms with Crippen LogP contribution in [0.3, 0.4) is 0 Å². The van der Waals surface area contributed by atoms with Gasteiger partial charge in [0, 0.05) is 55.1 Å². The maximum atomic E-state index is 14.6. The maximum Gasteiger partial charge on any atom is 0.316 e. The van der Waals surface area contributed by atoms with E-state index in [1.54, 1.807) is 18.2 Å². The average Bonchev–Trinajstić information content (AvgIpc) is 2.78. The highest BCUT2D eigenvalue weighted by molar-refractivity contribution is 5.88. The molecule has 33 heavy (non-hydrogen) atoms. The molecule has 0 aliphatic carbocycles. The van der Waals surface area contributed by atoms with Gasteiger partial charge in [0.1, 0.15) is 5.82 Å². The number of hydrogen-bond acceptors (Lipinski definition) is 5. The third-order valence-corrected chi connectivity index (χ3v) is 6.04. The van der Waals surface area contributed by atoms with Crippen LogP contribution in [0.25, 0.3) is 0 Å². The van der Waals surface area contributed by atoms with Crippen LogP contribution in [0.1, 0.15) is 37.3 Å². The predicted octanol–water partition coefficient (Wildman–Crippen LogP) is 2.92. The van der Waals surface area contributed by atoms with Crippen LogP contribution < -0.4 is 21.7 Å². The molecule has 1 saturated heterocycles. The molecule has 2 aromatic rings. The molecule has 3 rings (SSSR count). The van der Waals surface area contributed by atoms with Crippen molar-refractivity contribution in [2.45, 2.75) is 44.8 Å². The average molecular weight is 453 g/mol. The fourth-order valence-electron chi connectivity index (χ4n) is 4.32. The number of nitrogens with two attached hydrogens (primary N) is 2. The largest absolute Gasteiger partial charge is 0.370 e. The molecule has 5 N–H and O–H groups in total. The van der Waals surface area contributed by atoms with Gasteiger partial charge in [-0.1, -0.05) is 0 Å². The molecule has 1 aliphatic rings. The van der Waals surface area contributed by atoms with E-state index >= 15 is 0 Å². The molecule has 3 amide bonds. The van der Waals surface area contributed by atoms with E-state index in [2.05, 4.69) is 21.2 Å². The summed E-state index contributed by atoms with van der Waals surface area (Å²) in [6.07, 6.45) is 1.96. The zero-order valence-electron chi connectivity index (χ0n) is 18.6. The molecule has 1 unspecified atom stereocenters. The number of amides is 3. The Hall–Kier alpha value is -3.64. The zero-order chi connectivity index (χ0) is 24.0. The topological polar surface area (TPSA) is 128 Å². The minimum Gasteiger partial charge on any atom is -0.370 e. The Labute approximate surface area is 192 Å². The molecule has 0 saturated carbocycles. The maximum absolute atomic E-state index is 14.6. The lowest BCUT2D eigenvalue weighted by molar-refractivity contribution is -0.119. The van der Waals surface area contributed by atoms with Crippen LogP contribution in [0.2, 0.25) is 0 Å². The first kappa shape index (κ1) is 24.0. The van der Waals surface area contributed by atoms with Gasteiger partial charge >= 0.3 is 6.03 Å². The Kier molecular flexibility index (Phi) is 7.85. The number of nitrogens with zero attached hydrogens (tertiary/aromatic N) is 3. The number of rotatable bonds is 8. The van der Waals surface area contributed by atoms with Crippen molar-refractivity contribution in [3.63, 3.8) is 0 Å². The van der Waals surface area contributed by atoms with Gasteiger partial charge in [0.15, 0.2) is 0 Å². The monoisotopic (exact) mass is 452 g/mol. The van der Waals surface area contributed by atoms with Crippen molar-refractivity contribution in [2.24, 2.45) is 11.5 Å². The number of nitriles is 1. The van der Waals surface area contributed by atoms with Crippen molar-refractivity contribution in [3.8, 4) is 6.07 Å². The Morgan fingerprint density at radius 2 is 1.88 bits per heavy atom. The van der Waals surface area contributed by atoms with E-state index in [-0.39, 0.29) is 23.8 Å². The van der Waals surface area contributed by atoms with Crippen molar-refractivity contribution in [1.29, 1.82) is 5.26 Å². The SMILES string of the molecule is CC(CC(N)=O)N1CCC(N(Cc2cc(C#N)ccc2F)c2ccc(NC(N)=O)cc2)CC1. The number of halogens is 1. The smallest absolute Gasteiger partial charge is 0.316 e. The second-order valence-electron chi connectivity index (χ2n) is 8.37. The minimum atomic E-state index is -0.646. The number of primary amides is 2. The lowest BCUT2D eigenvalue weighted by atomic mass is 9.98. The van der Waals surface area contributed by atoms with E-state index in [1.165, 1.54) is 12.1 Å². The van der Waals surface area contributed by atoms with Gasteiger partial charge in [0.25, 0.3) is 0 Å². The quantitative estimate of drug-likeness (QED) is 0.567. The number of carbonyl (C=O) groups excluding carboxylic acids is 2. The number of benzene rings is 2. The summed E-state index contributed by atoms with van der Waals surface area (Å²) >= 11 is 0. The Morgan fingerprint density at radius 3 is 2.45 bits per heavy atom. The molecule has 1 fully saturated rings. The first-order valence-corrected chi connectivity index (χ1v) is 10.9. The molecule has 8 nitrogen and oxygen atoms in total. The van der Waals surface area contributed by atoms with Gasteiger partial charge in [-0.15, -0.1) is 0 Å². The Morgan fingerprint density at radius 1 is 1.21 bits per heavy atom. The lowest BCUT2D eigenvalue weighted by Crippen LogP contribution is -2.48. The first-order chi connectivity index (χ1) is 15.8. The molecule has 0 spiro atoms. The number of carbonyl (C=O) groups is 2. The van der Waals surface area contributed by atoms with Crippen LogP contribution in [0.15, 0.2) is 42.5 Å². The molecule has 1 atom stereocenters. The van der Waals surface area contributed by atoms with Crippen LogP contribution in [-0.2, 0) is 11.3 Å². The minimum absolute atomic E-state index is 0.0702. The van der Waals surface area contributed by atoms with Crippen LogP contribution >= 0.6 is 0 Å². The second kappa shape index (κ2) is 10.8. The number of likely N-dealkylation sites (tertiary alicyclic amines) is 1. The lowest BCUT2D eigenvalue weighted by Gasteiger charge is -2.41. The predicted molar refractivity (Wildman–Crippen MR) is 125 cm³/mol. The molecule has 9 heteroatoms. The summed E-state index contributed by atoms with van der Waals surface area (Å²) in [4.78, 5) is 26.8. The van der Waals surface area contributed by atoms with Gasteiger partial charge in [-0.3, -0.25) is 9.69 Å². The van der Waals surface area contributed by atoms with Crippen molar-refractivity contribution >= 4 is 23.3 Å². The fourth-order valence-corrected chi connectivity index (χ4v) is 4.32. The summed E-state index contributed by atoms with van der Waals surface area (Å²) in [5, 5.41) is 11.8. The number of urea groups is 1. The van der Waals surface area contributed by atoms with Crippen molar-refractivity contribution < 1.29 is 14.0 Å². The summed E-state index contributed by atoms with van der Waals surface area (Å²) < 4.78 is 14.6. The van der Waals surface area contributed by atoms with E-state index in [4.69, 9.17) is 11.5 Å². The van der Waals surface area contributed by atoms with Crippen molar-refractivity contribution in [2.75, 3.05) is 23.3 Å². The molecule has 174 valence electrons. The molecular formula is C24H29FN6O2. The normalized spacial score (nSPS) is 15.4. The molecule has 1 aliphatic heterocycles. The third kappa shape index (κ3) is 6.43. The zero-order valence-corrected chi connectivity index (χ0v) is 18.6. The van der Waals surface area contributed by atoms with E-state index in [9.17, 15) is 19.2 Å². The van der Waals surface area contributed by atoms with Crippen molar-refractivity contribution in [1.82, 2.24) is 4.90 Å². The van der Waals surface area contributed by atoms with Crippen LogP contribution in [0, 0.1) is 17.1 Å². The molecule has 0 bridgehead atoms. The highest BCUT2D eigenvalue weighted by Crippen LogP contribution is 2.29. The fraction of sp³-hybridized carbons (Fsp3) is 0.375. The Balaban J connectivity index is 1.83. The van der Waals surface area contributed by atoms with Crippen molar-refractivity contribution in [3.05, 3.63) is 59.4 Å². The van der Waals surface area contributed by atoms with E-state index < -0.39 is 6.03 Å². The van der Waals surface area contributed by atoms with Crippen LogP contribution in [0.4, 0.5) is 20.6 Å². The van der Waals surface area contributed by atoms with Crippen LogP contribution in [0.5, 0.6) is 0 Å². The van der Waals surface area contributed by atoms with E-state index in [0.717, 1.165) is 31.6 Å². The summed E-state index contributed by atoms with van der Waals surface area (Å²) in [5.74, 6) is -0.678. The molecule has 0 aromatic heterocycles. The number of nitrogens with one attached hydrogen (secondary N) is 1. The van der Waals surface area contributed by atoms with Crippen LogP contribution in [-0.4, -0.2) is 42.0 Å². The van der Waals surface area contributed by atoms with Gasteiger partial charge in [0.2, 0.25) is 5.91 Å². The Bertz CT molecular complexity index is 1030. The van der Waals surface area contributed by atoms with E-state index in [1.807, 2.05) is 19.1 Å². The summed E-state index contributed by atoms with van der Waals surface area (Å²) in [7, 11) is 0. The first-order valence-electron chi connectivity index (χ1n) is 10.9. The van der Waals surface area contributed by atoms with Gasteiger partial charge in [-0.2, -0.15) is 5.26 Å². The summed E-state index contributed by atoms with van der Waals surface area (Å²) in [6, 6.07) is 13.2. The van der Waals surface area contributed by atoms with E-state index in [0.29, 0.717) is 29.8 Å². The molecule has 1 heterocycles. The summed E-state index contributed by atoms with van der Waals surface area (Å²) in [6.45, 7) is 3.87.